The highest BCUT2D eigenvalue weighted by Gasteiger charge is 2.14. The van der Waals surface area contributed by atoms with E-state index in [1.54, 1.807) is 17.7 Å². The van der Waals surface area contributed by atoms with E-state index in [2.05, 4.69) is 33.6 Å². The highest BCUT2D eigenvalue weighted by molar-refractivity contribution is 8.00. The Morgan fingerprint density at radius 1 is 1.31 bits per heavy atom. The van der Waals surface area contributed by atoms with Gasteiger partial charge in [-0.3, -0.25) is 0 Å². The van der Waals surface area contributed by atoms with Gasteiger partial charge in [0.15, 0.2) is 0 Å². The van der Waals surface area contributed by atoms with E-state index in [0.29, 0.717) is 5.25 Å². The molecule has 0 saturated carbocycles. The first-order chi connectivity index (χ1) is 7.93. The van der Waals surface area contributed by atoms with Crippen LogP contribution < -0.4 is 0 Å². The monoisotopic (exact) mass is 248 g/mol. The van der Waals surface area contributed by atoms with Crippen LogP contribution in [0.3, 0.4) is 0 Å². The summed E-state index contributed by atoms with van der Waals surface area (Å²) in [5.41, 5.74) is 1.08. The third kappa shape index (κ3) is 1.99. The van der Waals surface area contributed by atoms with Crippen LogP contribution in [0.2, 0.25) is 0 Å². The molecular weight excluding hydrogens is 236 g/mol. The molecule has 2 heterocycles. The van der Waals surface area contributed by atoms with Gasteiger partial charge in [0, 0.05) is 5.25 Å². The Morgan fingerprint density at radius 3 is 3.19 bits per heavy atom. The summed E-state index contributed by atoms with van der Waals surface area (Å²) in [6.45, 7) is 0. The Hall–Kier alpha value is -0.870. The number of hydrogen-bond acceptors (Lipinski definition) is 4. The Morgan fingerprint density at radius 2 is 2.31 bits per heavy atom. The molecule has 4 heteroatoms. The largest absolute Gasteiger partial charge is 0.235 e. The lowest BCUT2D eigenvalue weighted by molar-refractivity contribution is 0.747. The molecule has 0 radical (unpaired) electrons. The van der Waals surface area contributed by atoms with Gasteiger partial charge in [0.05, 0.1) is 10.2 Å². The van der Waals surface area contributed by atoms with Gasteiger partial charge in [-0.25, -0.2) is 9.97 Å². The summed E-state index contributed by atoms with van der Waals surface area (Å²) in [5.74, 6) is 0. The van der Waals surface area contributed by atoms with Crippen molar-refractivity contribution in [2.24, 2.45) is 0 Å². The van der Waals surface area contributed by atoms with E-state index >= 15 is 0 Å². The van der Waals surface area contributed by atoms with Gasteiger partial charge >= 0.3 is 0 Å². The molecule has 0 bridgehead atoms. The minimum Gasteiger partial charge on any atom is -0.235 e. The summed E-state index contributed by atoms with van der Waals surface area (Å²) >= 11 is 3.65. The number of allylic oxidation sites excluding steroid dienone is 2. The van der Waals surface area contributed by atoms with Crippen molar-refractivity contribution in [1.82, 2.24) is 9.97 Å². The zero-order chi connectivity index (χ0) is 10.8. The summed E-state index contributed by atoms with van der Waals surface area (Å²) in [6, 6.07) is 2.06. The van der Waals surface area contributed by atoms with Crippen molar-refractivity contribution < 1.29 is 0 Å². The molecule has 0 aromatic carbocycles. The third-order valence-corrected chi connectivity index (χ3v) is 5.04. The van der Waals surface area contributed by atoms with Crippen LogP contribution in [0.15, 0.2) is 35.0 Å². The van der Waals surface area contributed by atoms with Crippen LogP contribution in [0.1, 0.15) is 19.3 Å². The van der Waals surface area contributed by atoms with E-state index in [9.17, 15) is 0 Å². The van der Waals surface area contributed by atoms with Crippen molar-refractivity contribution in [3.05, 3.63) is 29.9 Å². The zero-order valence-electron chi connectivity index (χ0n) is 8.80. The van der Waals surface area contributed by atoms with Gasteiger partial charge in [-0.1, -0.05) is 12.2 Å². The highest BCUT2D eigenvalue weighted by Crippen LogP contribution is 2.35. The molecule has 2 aromatic rings. The van der Waals surface area contributed by atoms with Crippen LogP contribution in [-0.4, -0.2) is 15.2 Å². The van der Waals surface area contributed by atoms with E-state index < -0.39 is 0 Å². The van der Waals surface area contributed by atoms with E-state index in [1.807, 2.05) is 11.8 Å². The lowest BCUT2D eigenvalue weighted by atomic mass is 10.1. The summed E-state index contributed by atoms with van der Waals surface area (Å²) < 4.78 is 1.24. The van der Waals surface area contributed by atoms with Gasteiger partial charge in [0.2, 0.25) is 0 Å². The molecule has 0 saturated heterocycles. The van der Waals surface area contributed by atoms with Crippen LogP contribution in [0.4, 0.5) is 0 Å². The highest BCUT2D eigenvalue weighted by atomic mass is 32.2. The number of aromatic nitrogens is 2. The average molecular weight is 248 g/mol. The summed E-state index contributed by atoms with van der Waals surface area (Å²) in [7, 11) is 0. The second kappa shape index (κ2) is 4.55. The molecule has 1 unspecified atom stereocenters. The summed E-state index contributed by atoms with van der Waals surface area (Å²) in [5, 5.41) is 3.93. The molecule has 1 aliphatic rings. The Labute approximate surface area is 103 Å². The molecule has 2 nitrogen and oxygen atoms in total. The minimum absolute atomic E-state index is 0.685. The van der Waals surface area contributed by atoms with Crippen LogP contribution in [0.25, 0.3) is 10.2 Å². The molecule has 82 valence electrons. The molecule has 3 rings (SSSR count). The second-order valence-corrected chi connectivity index (χ2v) is 6.04. The topological polar surface area (TPSA) is 25.8 Å². The lowest BCUT2D eigenvalue weighted by Crippen LogP contribution is -2.04. The van der Waals surface area contributed by atoms with Crippen molar-refractivity contribution in [3.8, 4) is 0 Å². The average Bonchev–Trinajstić information content (AvgIpc) is 2.80. The number of fused-ring (bicyclic) bond motifs is 1. The van der Waals surface area contributed by atoms with Gasteiger partial charge in [-0.2, -0.15) is 0 Å². The fraction of sp³-hybridized carbons (Fsp3) is 0.333. The standard InChI is InChI=1S/C12H12N2S2/c1-2-4-9(5-3-1)16-12-11-10(6-7-15-11)13-8-14-12/h1-2,6-9H,3-5H2. The number of hydrogen-bond donors (Lipinski definition) is 0. The predicted octanol–water partition coefficient (Wildman–Crippen LogP) is 3.89. The second-order valence-electron chi connectivity index (χ2n) is 3.84. The molecule has 0 fully saturated rings. The van der Waals surface area contributed by atoms with Gasteiger partial charge in [-0.05, 0) is 30.7 Å². The molecule has 1 aliphatic carbocycles. The molecule has 0 spiro atoms. The van der Waals surface area contributed by atoms with Crippen molar-refractivity contribution in [3.63, 3.8) is 0 Å². The molecular formula is C12H12N2S2. The Kier molecular flexibility index (Phi) is 2.93. The minimum atomic E-state index is 0.685. The Balaban J connectivity index is 1.88. The zero-order valence-corrected chi connectivity index (χ0v) is 10.4. The fourth-order valence-corrected chi connectivity index (χ4v) is 3.99. The SMILES string of the molecule is C1=CCC(Sc2ncnc3ccsc23)CC1. The first-order valence-electron chi connectivity index (χ1n) is 5.43. The number of rotatable bonds is 2. The molecule has 0 amide bonds. The van der Waals surface area contributed by atoms with E-state index in [0.717, 1.165) is 10.5 Å². The third-order valence-electron chi connectivity index (χ3n) is 2.71. The van der Waals surface area contributed by atoms with Gasteiger partial charge in [0.25, 0.3) is 0 Å². The van der Waals surface area contributed by atoms with Crippen LogP contribution in [0.5, 0.6) is 0 Å². The van der Waals surface area contributed by atoms with Gasteiger partial charge < -0.3 is 0 Å². The molecule has 1 atom stereocenters. The van der Waals surface area contributed by atoms with Crippen LogP contribution in [0, 0.1) is 0 Å². The van der Waals surface area contributed by atoms with Crippen molar-refractivity contribution in [1.29, 1.82) is 0 Å². The molecule has 0 aliphatic heterocycles. The fourth-order valence-electron chi connectivity index (χ4n) is 1.88. The van der Waals surface area contributed by atoms with Crippen molar-refractivity contribution in [2.75, 3.05) is 0 Å². The smallest absolute Gasteiger partial charge is 0.118 e. The normalized spacial score (nSPS) is 20.4. The number of nitrogens with zero attached hydrogens (tertiary/aromatic N) is 2. The van der Waals surface area contributed by atoms with E-state index in [4.69, 9.17) is 0 Å². The molecule has 16 heavy (non-hydrogen) atoms. The number of thioether (sulfide) groups is 1. The maximum Gasteiger partial charge on any atom is 0.118 e. The molecule has 2 aromatic heterocycles. The lowest BCUT2D eigenvalue weighted by Gasteiger charge is -2.16. The summed E-state index contributed by atoms with van der Waals surface area (Å²) in [4.78, 5) is 8.68. The van der Waals surface area contributed by atoms with Crippen molar-refractivity contribution >= 4 is 33.3 Å². The van der Waals surface area contributed by atoms with Crippen LogP contribution in [-0.2, 0) is 0 Å². The predicted molar refractivity (Wildman–Crippen MR) is 70.1 cm³/mol. The first-order valence-corrected chi connectivity index (χ1v) is 7.19. The molecule has 0 N–H and O–H groups in total. The first kappa shape index (κ1) is 10.3. The van der Waals surface area contributed by atoms with Crippen molar-refractivity contribution in [2.45, 2.75) is 29.5 Å². The Bertz CT molecular complexity index is 518. The van der Waals surface area contributed by atoms with E-state index in [-0.39, 0.29) is 0 Å². The maximum atomic E-state index is 4.41. The van der Waals surface area contributed by atoms with Crippen LogP contribution >= 0.6 is 23.1 Å². The van der Waals surface area contributed by atoms with E-state index in [1.165, 1.54) is 24.0 Å². The van der Waals surface area contributed by atoms with Gasteiger partial charge in [-0.15, -0.1) is 23.1 Å². The quantitative estimate of drug-likeness (QED) is 0.595. The summed E-state index contributed by atoms with van der Waals surface area (Å²) in [6.07, 6.45) is 9.87. The maximum absolute atomic E-state index is 4.41. The number of thiophene rings is 1. The van der Waals surface area contributed by atoms with Gasteiger partial charge in [0.1, 0.15) is 11.4 Å².